The standard InChI is InChI=1S/C32H37ClN4O/c1-22(2)30(37(17-7-16-34)32(38)26-14-12-23(3)13-15-26)31-35-29(27-10-6-11-28(33)19-27)21-36(31)20-25-9-5-8-24(4)18-25/h5-6,8-15,18-19,21-22,30H,7,16-17,20,34H2,1-4H3/t30-/m1/s1. The molecule has 1 heterocycles. The number of amides is 1. The molecule has 198 valence electrons. The summed E-state index contributed by atoms with van der Waals surface area (Å²) in [7, 11) is 0. The summed E-state index contributed by atoms with van der Waals surface area (Å²) in [6.07, 6.45) is 2.79. The fraction of sp³-hybridized carbons (Fsp3) is 0.312. The van der Waals surface area contributed by atoms with Crippen LogP contribution in [-0.2, 0) is 6.54 Å². The average Bonchev–Trinajstić information content (AvgIpc) is 3.29. The number of carbonyl (C=O) groups excluding carboxylic acids is 1. The Hall–Kier alpha value is -3.41. The number of hydrogen-bond acceptors (Lipinski definition) is 3. The van der Waals surface area contributed by atoms with Crippen molar-refractivity contribution in [3.63, 3.8) is 0 Å². The second-order valence-corrected chi connectivity index (χ2v) is 10.7. The largest absolute Gasteiger partial charge is 0.330 e. The number of aryl methyl sites for hydroxylation is 2. The summed E-state index contributed by atoms with van der Waals surface area (Å²) in [5.74, 6) is 0.966. The number of nitrogens with zero attached hydrogens (tertiary/aromatic N) is 3. The van der Waals surface area contributed by atoms with Crippen LogP contribution in [0.3, 0.4) is 0 Å². The third kappa shape index (κ3) is 6.53. The van der Waals surface area contributed by atoms with Crippen molar-refractivity contribution in [1.29, 1.82) is 0 Å². The normalized spacial score (nSPS) is 12.1. The molecule has 2 N–H and O–H groups in total. The first-order chi connectivity index (χ1) is 18.3. The molecule has 0 spiro atoms. The molecule has 4 rings (SSSR count). The van der Waals surface area contributed by atoms with Gasteiger partial charge < -0.3 is 15.2 Å². The van der Waals surface area contributed by atoms with E-state index in [0.717, 1.165) is 22.6 Å². The molecule has 38 heavy (non-hydrogen) atoms. The fourth-order valence-corrected chi connectivity index (χ4v) is 5.07. The van der Waals surface area contributed by atoms with Crippen molar-refractivity contribution in [3.05, 3.63) is 112 Å². The Morgan fingerprint density at radius 1 is 1.00 bits per heavy atom. The van der Waals surface area contributed by atoms with E-state index in [1.165, 1.54) is 11.1 Å². The van der Waals surface area contributed by atoms with Gasteiger partial charge in [-0.1, -0.05) is 85.1 Å². The predicted molar refractivity (Wildman–Crippen MR) is 156 cm³/mol. The fourth-order valence-electron chi connectivity index (χ4n) is 4.87. The first kappa shape index (κ1) is 27.6. The van der Waals surface area contributed by atoms with Crippen molar-refractivity contribution in [2.45, 2.75) is 46.7 Å². The van der Waals surface area contributed by atoms with Crippen LogP contribution in [0.1, 0.15) is 59.2 Å². The van der Waals surface area contributed by atoms with E-state index in [1.54, 1.807) is 0 Å². The van der Waals surface area contributed by atoms with Crippen LogP contribution in [-0.4, -0.2) is 33.4 Å². The maximum Gasteiger partial charge on any atom is 0.254 e. The Morgan fingerprint density at radius 2 is 1.74 bits per heavy atom. The number of aromatic nitrogens is 2. The highest BCUT2D eigenvalue weighted by Gasteiger charge is 2.32. The molecule has 0 saturated heterocycles. The highest BCUT2D eigenvalue weighted by Crippen LogP contribution is 2.33. The number of halogens is 1. The molecule has 3 aromatic carbocycles. The van der Waals surface area contributed by atoms with Crippen molar-refractivity contribution in [3.8, 4) is 11.3 Å². The zero-order valence-corrected chi connectivity index (χ0v) is 23.4. The second kappa shape index (κ2) is 12.4. The molecule has 6 heteroatoms. The van der Waals surface area contributed by atoms with Gasteiger partial charge in [-0.25, -0.2) is 4.98 Å². The lowest BCUT2D eigenvalue weighted by Crippen LogP contribution is -2.40. The minimum atomic E-state index is -0.243. The van der Waals surface area contributed by atoms with Crippen LogP contribution in [0.25, 0.3) is 11.3 Å². The lowest BCUT2D eigenvalue weighted by Gasteiger charge is -2.34. The van der Waals surface area contributed by atoms with Crippen molar-refractivity contribution >= 4 is 17.5 Å². The van der Waals surface area contributed by atoms with Gasteiger partial charge in [0, 0.05) is 35.4 Å². The van der Waals surface area contributed by atoms with E-state index in [9.17, 15) is 4.79 Å². The molecule has 0 bridgehead atoms. The molecular formula is C32H37ClN4O. The summed E-state index contributed by atoms with van der Waals surface area (Å²) in [5.41, 5.74) is 11.9. The smallest absolute Gasteiger partial charge is 0.254 e. The molecule has 0 unspecified atom stereocenters. The molecule has 0 aliphatic carbocycles. The number of hydrogen-bond donors (Lipinski definition) is 1. The van der Waals surface area contributed by atoms with E-state index < -0.39 is 0 Å². The molecule has 0 aliphatic heterocycles. The Bertz CT molecular complexity index is 1380. The lowest BCUT2D eigenvalue weighted by molar-refractivity contribution is 0.0604. The van der Waals surface area contributed by atoms with E-state index in [0.29, 0.717) is 36.6 Å². The number of imidazole rings is 1. The number of nitrogens with two attached hydrogens (primary N) is 1. The zero-order valence-electron chi connectivity index (χ0n) is 22.7. The SMILES string of the molecule is Cc1ccc(C(=O)N(CCCN)[C@@H](c2nc(-c3cccc(Cl)c3)cn2Cc2cccc(C)c2)C(C)C)cc1. The van der Waals surface area contributed by atoms with Gasteiger partial charge in [-0.2, -0.15) is 0 Å². The first-order valence-electron chi connectivity index (χ1n) is 13.2. The van der Waals surface area contributed by atoms with Crippen LogP contribution >= 0.6 is 11.6 Å². The van der Waals surface area contributed by atoms with Crippen LogP contribution in [0.2, 0.25) is 5.02 Å². The molecule has 0 aliphatic rings. The molecule has 4 aromatic rings. The van der Waals surface area contributed by atoms with Gasteiger partial charge in [0.15, 0.2) is 0 Å². The van der Waals surface area contributed by atoms with Crippen LogP contribution in [0.5, 0.6) is 0 Å². The van der Waals surface area contributed by atoms with Crippen LogP contribution in [0, 0.1) is 19.8 Å². The maximum atomic E-state index is 13.9. The summed E-state index contributed by atoms with van der Waals surface area (Å²) in [6.45, 7) is 10.1. The van der Waals surface area contributed by atoms with Gasteiger partial charge in [0.2, 0.25) is 0 Å². The van der Waals surface area contributed by atoms with Gasteiger partial charge in [0.25, 0.3) is 5.91 Å². The summed E-state index contributed by atoms with van der Waals surface area (Å²) >= 11 is 6.33. The van der Waals surface area contributed by atoms with E-state index in [1.807, 2.05) is 60.4 Å². The Balaban J connectivity index is 1.83. The Kier molecular flexibility index (Phi) is 9.03. The van der Waals surface area contributed by atoms with Gasteiger partial charge in [-0.3, -0.25) is 4.79 Å². The van der Waals surface area contributed by atoms with E-state index in [2.05, 4.69) is 55.8 Å². The number of benzene rings is 3. The summed E-state index contributed by atoms with van der Waals surface area (Å²) < 4.78 is 2.19. The lowest BCUT2D eigenvalue weighted by atomic mass is 9.99. The third-order valence-electron chi connectivity index (χ3n) is 6.76. The number of carbonyl (C=O) groups is 1. The molecular weight excluding hydrogens is 492 g/mol. The third-order valence-corrected chi connectivity index (χ3v) is 6.99. The summed E-state index contributed by atoms with van der Waals surface area (Å²) in [6, 6.07) is 23.8. The molecule has 1 aromatic heterocycles. The summed E-state index contributed by atoms with van der Waals surface area (Å²) in [5, 5.41) is 0.664. The van der Waals surface area contributed by atoms with Gasteiger partial charge in [-0.15, -0.1) is 0 Å². The quantitative estimate of drug-likeness (QED) is 0.240. The molecule has 5 nitrogen and oxygen atoms in total. The molecule has 1 amide bonds. The zero-order chi connectivity index (χ0) is 27.2. The second-order valence-electron chi connectivity index (χ2n) is 10.3. The van der Waals surface area contributed by atoms with Gasteiger partial charge in [-0.05, 0) is 62.6 Å². The van der Waals surface area contributed by atoms with E-state index in [-0.39, 0.29) is 17.9 Å². The maximum absolute atomic E-state index is 13.9. The number of rotatable bonds is 10. The molecule has 1 atom stereocenters. The highest BCUT2D eigenvalue weighted by molar-refractivity contribution is 6.30. The molecule has 0 fully saturated rings. The highest BCUT2D eigenvalue weighted by atomic mass is 35.5. The molecule has 0 radical (unpaired) electrons. The van der Waals surface area contributed by atoms with E-state index in [4.69, 9.17) is 22.3 Å². The van der Waals surface area contributed by atoms with Crippen LogP contribution in [0.4, 0.5) is 0 Å². The Labute approximate surface area is 231 Å². The van der Waals surface area contributed by atoms with Gasteiger partial charge >= 0.3 is 0 Å². The van der Waals surface area contributed by atoms with Gasteiger partial charge in [0.1, 0.15) is 5.82 Å². The van der Waals surface area contributed by atoms with Gasteiger partial charge in [0.05, 0.1) is 11.7 Å². The average molecular weight is 529 g/mol. The van der Waals surface area contributed by atoms with Crippen molar-refractivity contribution in [2.75, 3.05) is 13.1 Å². The van der Waals surface area contributed by atoms with Crippen molar-refractivity contribution in [2.24, 2.45) is 11.7 Å². The van der Waals surface area contributed by atoms with Crippen LogP contribution < -0.4 is 5.73 Å². The van der Waals surface area contributed by atoms with Crippen LogP contribution in [0.15, 0.2) is 79.0 Å². The first-order valence-corrected chi connectivity index (χ1v) is 13.6. The monoisotopic (exact) mass is 528 g/mol. The minimum absolute atomic E-state index is 0.00781. The molecule has 0 saturated carbocycles. The van der Waals surface area contributed by atoms with Crippen molar-refractivity contribution in [1.82, 2.24) is 14.5 Å². The van der Waals surface area contributed by atoms with E-state index >= 15 is 0 Å². The van der Waals surface area contributed by atoms with Crippen molar-refractivity contribution < 1.29 is 4.79 Å². The summed E-state index contributed by atoms with van der Waals surface area (Å²) in [4.78, 5) is 21.1. The predicted octanol–water partition coefficient (Wildman–Crippen LogP) is 7.06. The topological polar surface area (TPSA) is 64.2 Å². The minimum Gasteiger partial charge on any atom is -0.330 e. The Morgan fingerprint density at radius 3 is 2.39 bits per heavy atom.